The number of nitrogens with zero attached hydrogens (tertiary/aromatic N) is 6. The molecule has 270 valence electrons. The third kappa shape index (κ3) is 8.33. The van der Waals surface area contributed by atoms with E-state index in [-0.39, 0.29) is 61.7 Å². The van der Waals surface area contributed by atoms with Gasteiger partial charge in [0.25, 0.3) is 0 Å². The van der Waals surface area contributed by atoms with Crippen molar-refractivity contribution in [3.05, 3.63) is 110 Å². The lowest BCUT2D eigenvalue weighted by molar-refractivity contribution is -0.275. The van der Waals surface area contributed by atoms with E-state index >= 15 is 0 Å². The van der Waals surface area contributed by atoms with E-state index in [1.54, 1.807) is 46.0 Å². The van der Waals surface area contributed by atoms with Gasteiger partial charge in [0.2, 0.25) is 0 Å². The molecule has 0 bridgehead atoms. The highest BCUT2D eigenvalue weighted by Crippen LogP contribution is 2.40. The van der Waals surface area contributed by atoms with Crippen molar-refractivity contribution in [1.82, 2.24) is 24.7 Å². The summed E-state index contributed by atoms with van der Waals surface area (Å²) in [6, 6.07) is 14.4. The zero-order valence-electron chi connectivity index (χ0n) is 26.1. The van der Waals surface area contributed by atoms with Crippen LogP contribution in [0.15, 0.2) is 79.3 Å². The molecule has 0 saturated carbocycles. The van der Waals surface area contributed by atoms with Gasteiger partial charge in [-0.15, -0.1) is 26.3 Å². The number of methoxy groups -OCH3 is 1. The van der Waals surface area contributed by atoms with Crippen LogP contribution in [0.4, 0.5) is 37.8 Å². The van der Waals surface area contributed by atoms with Crippen molar-refractivity contribution < 1.29 is 40.6 Å². The second-order valence-electron chi connectivity index (χ2n) is 10.7. The molecule has 0 atom stereocenters. The number of rotatable bonds is 10. The highest BCUT2D eigenvalue weighted by Gasteiger charge is 2.33. The molecule has 0 saturated heterocycles. The fourth-order valence-corrected chi connectivity index (χ4v) is 6.37. The van der Waals surface area contributed by atoms with Crippen molar-refractivity contribution in [1.29, 1.82) is 0 Å². The molecule has 3 heterocycles. The Kier molecular flexibility index (Phi) is 10.5. The van der Waals surface area contributed by atoms with Crippen LogP contribution < -0.4 is 19.1 Å². The number of ether oxygens (including phenoxy) is 3. The predicted molar refractivity (Wildman–Crippen MR) is 183 cm³/mol. The third-order valence-electron chi connectivity index (χ3n) is 7.38. The molecule has 52 heavy (non-hydrogen) atoms. The smallest absolute Gasteiger partial charge is 0.491 e. The molecule has 6 rings (SSSR count). The highest BCUT2D eigenvalue weighted by molar-refractivity contribution is 6.36. The topological polar surface area (TPSA) is 87.4 Å². The number of hydrogen-bond donors (Lipinski definition) is 0. The van der Waals surface area contributed by atoms with E-state index in [0.29, 0.717) is 22.3 Å². The zero-order valence-corrected chi connectivity index (χ0v) is 29.1. The molecule has 19 heteroatoms. The van der Waals surface area contributed by atoms with Crippen LogP contribution in [-0.4, -0.2) is 44.6 Å². The summed E-state index contributed by atoms with van der Waals surface area (Å²) in [6.07, 6.45) is -5.45. The van der Waals surface area contributed by atoms with Crippen molar-refractivity contribution in [2.45, 2.75) is 25.8 Å². The average Bonchev–Trinajstić information content (AvgIpc) is 3.43. The molecule has 0 radical (unpaired) electrons. The molecular formula is C33H20Cl4F6N6O3. The Morgan fingerprint density at radius 3 is 1.88 bits per heavy atom. The van der Waals surface area contributed by atoms with E-state index in [2.05, 4.69) is 19.4 Å². The van der Waals surface area contributed by atoms with Crippen LogP contribution in [0.2, 0.25) is 20.1 Å². The Balaban J connectivity index is 1.43. The lowest BCUT2D eigenvalue weighted by atomic mass is 10.1. The van der Waals surface area contributed by atoms with Gasteiger partial charge < -0.3 is 19.1 Å². The van der Waals surface area contributed by atoms with Gasteiger partial charge in [0.15, 0.2) is 17.4 Å². The Hall–Kier alpha value is -4.70. The van der Waals surface area contributed by atoms with Crippen LogP contribution in [0.5, 0.6) is 17.2 Å². The number of benzene rings is 3. The monoisotopic (exact) mass is 802 g/mol. The number of halogens is 10. The summed E-state index contributed by atoms with van der Waals surface area (Å²) >= 11 is 25.6. The van der Waals surface area contributed by atoms with Crippen LogP contribution in [0.1, 0.15) is 11.1 Å². The van der Waals surface area contributed by atoms with E-state index in [1.165, 1.54) is 25.7 Å². The minimum Gasteiger partial charge on any atom is -0.491 e. The first kappa shape index (κ1) is 37.1. The third-order valence-corrected chi connectivity index (χ3v) is 8.73. The number of hydrogen-bond acceptors (Lipinski definition) is 8. The summed E-state index contributed by atoms with van der Waals surface area (Å²) in [7, 11) is 1.40. The Morgan fingerprint density at radius 1 is 0.769 bits per heavy atom. The lowest BCUT2D eigenvalue weighted by Gasteiger charge is -2.26. The zero-order chi connectivity index (χ0) is 37.4. The molecule has 0 spiro atoms. The molecule has 0 aliphatic heterocycles. The van der Waals surface area contributed by atoms with E-state index < -0.39 is 24.2 Å². The number of alkyl halides is 6. The van der Waals surface area contributed by atoms with E-state index in [4.69, 9.17) is 61.2 Å². The second kappa shape index (κ2) is 14.7. The van der Waals surface area contributed by atoms with Gasteiger partial charge in [-0.1, -0.05) is 64.6 Å². The molecule has 3 aromatic carbocycles. The highest BCUT2D eigenvalue weighted by atomic mass is 35.5. The van der Waals surface area contributed by atoms with Gasteiger partial charge in [0.1, 0.15) is 17.2 Å². The second-order valence-corrected chi connectivity index (χ2v) is 12.4. The first-order valence-electron chi connectivity index (χ1n) is 14.6. The quantitative estimate of drug-likeness (QED) is 0.127. The molecule has 0 aliphatic carbocycles. The van der Waals surface area contributed by atoms with Gasteiger partial charge in [-0.25, -0.2) is 9.97 Å². The van der Waals surface area contributed by atoms with Crippen molar-refractivity contribution >= 4 is 68.8 Å². The van der Waals surface area contributed by atoms with E-state index in [1.807, 2.05) is 0 Å². The molecule has 0 N–H and O–H groups in total. The van der Waals surface area contributed by atoms with Gasteiger partial charge in [0.05, 0.1) is 52.0 Å². The summed E-state index contributed by atoms with van der Waals surface area (Å²) < 4.78 is 92.4. The molecule has 0 amide bonds. The summed E-state index contributed by atoms with van der Waals surface area (Å²) in [6.45, 7) is -0.164. The number of aromatic nitrogens is 5. The minimum atomic E-state index is -4.96. The van der Waals surface area contributed by atoms with Crippen molar-refractivity contribution in [2.75, 3.05) is 12.0 Å². The number of pyridine rings is 1. The van der Waals surface area contributed by atoms with Crippen molar-refractivity contribution in [3.63, 3.8) is 0 Å². The minimum absolute atomic E-state index is 0.0539. The summed E-state index contributed by atoms with van der Waals surface area (Å²) in [5.74, 6) is -0.649. The molecule has 0 fully saturated rings. The van der Waals surface area contributed by atoms with Crippen LogP contribution in [-0.2, 0) is 13.1 Å². The Labute approximate surface area is 310 Å². The summed E-state index contributed by atoms with van der Waals surface area (Å²) in [4.78, 5) is 15.0. The van der Waals surface area contributed by atoms with E-state index in [9.17, 15) is 26.3 Å². The van der Waals surface area contributed by atoms with Crippen LogP contribution >= 0.6 is 46.4 Å². The number of fused-ring (bicyclic) bond motifs is 1. The molecule has 0 unspecified atom stereocenters. The maximum atomic E-state index is 12.9. The number of para-hydroxylation sites is 1. The maximum absolute atomic E-state index is 12.9. The fourth-order valence-electron chi connectivity index (χ4n) is 5.19. The Bertz CT molecular complexity index is 2210. The molecule has 0 aliphatic rings. The molecular weight excluding hydrogens is 784 g/mol. The SMILES string of the molecule is COc1cnc(-c2nn(Cc3c(Cl)cc(OC(F)(F)F)cc3Cl)c3ccccc23)nc1N(Cc1c(Cl)cc(OC(F)(F)F)cc1Cl)c1ccncc1. The first-order valence-corrected chi connectivity index (χ1v) is 16.1. The fraction of sp³-hybridized carbons (Fsp3) is 0.152. The largest absolute Gasteiger partial charge is 0.573 e. The molecule has 6 aromatic rings. The maximum Gasteiger partial charge on any atom is 0.573 e. The van der Waals surface area contributed by atoms with Crippen molar-refractivity contribution in [2.24, 2.45) is 0 Å². The molecule has 9 nitrogen and oxygen atoms in total. The van der Waals surface area contributed by atoms with E-state index in [0.717, 1.165) is 24.3 Å². The van der Waals surface area contributed by atoms with Gasteiger partial charge in [0, 0.05) is 34.6 Å². The first-order chi connectivity index (χ1) is 24.6. The van der Waals surface area contributed by atoms with Gasteiger partial charge >= 0.3 is 12.7 Å². The van der Waals surface area contributed by atoms with Crippen molar-refractivity contribution in [3.8, 4) is 28.8 Å². The predicted octanol–water partition coefficient (Wildman–Crippen LogP) is 10.7. The van der Waals surface area contributed by atoms with Crippen LogP contribution in [0.3, 0.4) is 0 Å². The van der Waals surface area contributed by atoms with Gasteiger partial charge in [-0.3, -0.25) is 9.67 Å². The summed E-state index contributed by atoms with van der Waals surface area (Å²) in [5, 5.41) is 4.95. The summed E-state index contributed by atoms with van der Waals surface area (Å²) in [5.41, 5.74) is 1.94. The standard InChI is InChI=1S/C33H20Cl4F6N6O3/c1-50-28-14-45-30(29-20-4-2-3-5-27(20)49(47-29)16-22-25(36)12-19(13-26(22)37)52-33(41,42)43)46-31(28)48(17-6-8-44-9-7-17)15-21-23(34)10-18(11-24(21)35)51-32(38,39)40/h2-14H,15-16H2,1H3. The number of anilines is 2. The van der Waals surface area contributed by atoms with Gasteiger partial charge in [-0.05, 0) is 42.5 Å². The van der Waals surface area contributed by atoms with Crippen LogP contribution in [0, 0.1) is 0 Å². The average molecular weight is 804 g/mol. The van der Waals surface area contributed by atoms with Crippen LogP contribution in [0.25, 0.3) is 22.4 Å². The van der Waals surface area contributed by atoms with Gasteiger partial charge in [-0.2, -0.15) is 5.10 Å². The normalized spacial score (nSPS) is 11.9. The Morgan fingerprint density at radius 2 is 1.33 bits per heavy atom. The lowest BCUT2D eigenvalue weighted by Crippen LogP contribution is -2.20. The molecule has 3 aromatic heterocycles.